The number of hydrogen-bond acceptors (Lipinski definition) is 5. The van der Waals surface area contributed by atoms with Gasteiger partial charge in [-0.2, -0.15) is 0 Å². The average molecular weight is 555 g/mol. The van der Waals surface area contributed by atoms with E-state index in [0.717, 1.165) is 56.5 Å². The van der Waals surface area contributed by atoms with E-state index in [1.165, 1.54) is 25.9 Å². The van der Waals surface area contributed by atoms with Crippen molar-refractivity contribution in [1.82, 2.24) is 4.90 Å². The number of carbonyl (C=O) groups is 2. The fourth-order valence-electron chi connectivity index (χ4n) is 4.49. The number of likely N-dealkylation sites (tertiary alicyclic amines) is 1. The van der Waals surface area contributed by atoms with Crippen molar-refractivity contribution in [3.63, 3.8) is 0 Å². The molecule has 1 aliphatic heterocycles. The topological polar surface area (TPSA) is 55.8 Å². The van der Waals surface area contributed by atoms with Gasteiger partial charge in [0.1, 0.15) is 5.75 Å². The summed E-state index contributed by atoms with van der Waals surface area (Å²) in [5.41, 5.74) is 6.10. The highest BCUT2D eigenvalue weighted by molar-refractivity contribution is 14.1. The molecule has 0 spiro atoms. The number of carbonyl (C=O) groups excluding carboxylic acids is 2. The lowest BCUT2D eigenvalue weighted by Crippen LogP contribution is -2.22. The molecule has 0 aromatic heterocycles. The van der Waals surface area contributed by atoms with Crippen molar-refractivity contribution in [2.45, 2.75) is 70.6 Å². The fraction of sp³-hybridized carbons (Fsp3) is 0.615. The summed E-state index contributed by atoms with van der Waals surface area (Å²) in [6, 6.07) is 0. The molecule has 0 unspecified atom stereocenters. The molecule has 1 saturated heterocycles. The van der Waals surface area contributed by atoms with Crippen LogP contribution in [0.15, 0.2) is 11.6 Å². The molecule has 6 heteroatoms. The van der Waals surface area contributed by atoms with Crippen molar-refractivity contribution < 1.29 is 19.1 Å². The van der Waals surface area contributed by atoms with Crippen LogP contribution < -0.4 is 4.74 Å². The molecule has 1 aromatic rings. The first-order valence-electron chi connectivity index (χ1n) is 11.6. The maximum Gasteiger partial charge on any atom is 0.306 e. The molecule has 0 N–H and O–H groups in total. The highest BCUT2D eigenvalue weighted by Crippen LogP contribution is 2.35. The van der Waals surface area contributed by atoms with Crippen LogP contribution in [0.5, 0.6) is 5.75 Å². The Morgan fingerprint density at radius 2 is 1.75 bits per heavy atom. The van der Waals surface area contributed by atoms with Gasteiger partial charge in [0.05, 0.1) is 13.7 Å². The van der Waals surface area contributed by atoms with Crippen molar-refractivity contribution >= 4 is 34.3 Å². The first-order valence-corrected chi connectivity index (χ1v) is 13.1. The van der Waals surface area contributed by atoms with Gasteiger partial charge < -0.3 is 14.4 Å². The van der Waals surface area contributed by atoms with Gasteiger partial charge in [-0.3, -0.25) is 9.59 Å². The van der Waals surface area contributed by atoms with Gasteiger partial charge in [0, 0.05) is 28.5 Å². The maximum atomic E-state index is 12.3. The number of alkyl halides is 1. The Balaban J connectivity index is 1.93. The van der Waals surface area contributed by atoms with Gasteiger partial charge >= 0.3 is 5.97 Å². The van der Waals surface area contributed by atoms with Crippen LogP contribution >= 0.6 is 22.6 Å². The van der Waals surface area contributed by atoms with Crippen LogP contribution in [0.25, 0.3) is 0 Å². The average Bonchev–Trinajstić information content (AvgIpc) is 3.28. The Hall–Kier alpha value is -1.41. The summed E-state index contributed by atoms with van der Waals surface area (Å²) in [5.74, 6) is 0.823. The van der Waals surface area contributed by atoms with Crippen LogP contribution in [-0.4, -0.2) is 50.0 Å². The summed E-state index contributed by atoms with van der Waals surface area (Å²) in [5, 5.41) is 0. The molecule has 1 aromatic carbocycles. The third kappa shape index (κ3) is 7.30. The molecule has 1 heterocycles. The third-order valence-corrected chi connectivity index (χ3v) is 7.11. The Kier molecular flexibility index (Phi) is 11.2. The summed E-state index contributed by atoms with van der Waals surface area (Å²) in [6.07, 6.45) is 7.37. The summed E-state index contributed by atoms with van der Waals surface area (Å²) in [7, 11) is 1.69. The van der Waals surface area contributed by atoms with Crippen molar-refractivity contribution in [2.75, 3.05) is 33.4 Å². The number of allylic oxidation sites excluding steroid dienone is 2. The molecule has 0 atom stereocenters. The summed E-state index contributed by atoms with van der Waals surface area (Å²) in [6.45, 7) is 11.6. The number of ketones is 1. The number of nitrogens with zero attached hydrogens (tertiary/aromatic N) is 1. The van der Waals surface area contributed by atoms with Gasteiger partial charge in [0.15, 0.2) is 5.78 Å². The standard InChI is InChI=1S/C26H38INO4/c1-18(10-12-24(30)32-16-8-15-28-13-6-7-14-28)9-11-22-19(2)25(21(4)29)23(17-27)20(3)26(22)31-5/h9H,6-8,10-17H2,1-5H3/b18-9+. The molecule has 0 aliphatic carbocycles. The minimum absolute atomic E-state index is 0.0920. The lowest BCUT2D eigenvalue weighted by Gasteiger charge is -2.20. The number of hydrogen-bond donors (Lipinski definition) is 0. The second-order valence-electron chi connectivity index (χ2n) is 8.68. The van der Waals surface area contributed by atoms with Crippen molar-refractivity contribution in [2.24, 2.45) is 0 Å². The zero-order valence-electron chi connectivity index (χ0n) is 20.3. The largest absolute Gasteiger partial charge is 0.496 e. The molecular formula is C26H38INO4. The monoisotopic (exact) mass is 555 g/mol. The van der Waals surface area contributed by atoms with Crippen LogP contribution in [0.4, 0.5) is 0 Å². The van der Waals surface area contributed by atoms with Gasteiger partial charge in [0.2, 0.25) is 0 Å². The number of halogens is 1. The molecule has 0 saturated carbocycles. The highest BCUT2D eigenvalue weighted by atomic mass is 127. The van der Waals surface area contributed by atoms with Crippen molar-refractivity contribution in [3.8, 4) is 5.75 Å². The first-order chi connectivity index (χ1) is 15.3. The number of methoxy groups -OCH3 is 1. The molecular weight excluding hydrogens is 517 g/mol. The summed E-state index contributed by atoms with van der Waals surface area (Å²) >= 11 is 2.30. The molecule has 0 amide bonds. The van der Waals surface area contributed by atoms with E-state index < -0.39 is 0 Å². The number of Topliss-reactive ketones (excluding diaryl/α,β-unsaturated/α-hetero) is 1. The predicted molar refractivity (Wildman–Crippen MR) is 138 cm³/mol. The van der Waals surface area contributed by atoms with Crippen LogP contribution in [0, 0.1) is 13.8 Å². The van der Waals surface area contributed by atoms with Gasteiger partial charge in [-0.05, 0) is 89.6 Å². The minimum Gasteiger partial charge on any atom is -0.496 e. The third-order valence-electron chi connectivity index (χ3n) is 6.35. The van der Waals surface area contributed by atoms with E-state index >= 15 is 0 Å². The number of esters is 1. The molecule has 0 bridgehead atoms. The zero-order chi connectivity index (χ0) is 23.7. The molecule has 1 fully saturated rings. The van der Waals surface area contributed by atoms with E-state index in [0.29, 0.717) is 25.9 Å². The quantitative estimate of drug-likeness (QED) is 0.0822. The van der Waals surface area contributed by atoms with E-state index in [9.17, 15) is 9.59 Å². The van der Waals surface area contributed by atoms with Crippen LogP contribution in [-0.2, 0) is 20.4 Å². The second kappa shape index (κ2) is 13.3. The number of ether oxygens (including phenoxy) is 2. The summed E-state index contributed by atoms with van der Waals surface area (Å²) < 4.78 is 11.9. The molecule has 178 valence electrons. The molecule has 5 nitrogen and oxygen atoms in total. The minimum atomic E-state index is -0.131. The number of benzene rings is 1. The van der Waals surface area contributed by atoms with Gasteiger partial charge in [-0.25, -0.2) is 0 Å². The molecule has 32 heavy (non-hydrogen) atoms. The number of rotatable bonds is 12. The van der Waals surface area contributed by atoms with E-state index in [4.69, 9.17) is 9.47 Å². The smallest absolute Gasteiger partial charge is 0.306 e. The van der Waals surface area contributed by atoms with Gasteiger partial charge in [-0.1, -0.05) is 34.2 Å². The summed E-state index contributed by atoms with van der Waals surface area (Å²) in [4.78, 5) is 26.9. The molecule has 1 aliphatic rings. The Morgan fingerprint density at radius 3 is 2.34 bits per heavy atom. The van der Waals surface area contributed by atoms with Crippen LogP contribution in [0.3, 0.4) is 0 Å². The van der Waals surface area contributed by atoms with E-state index in [2.05, 4.69) is 33.6 Å². The lowest BCUT2D eigenvalue weighted by atomic mass is 9.88. The Bertz CT molecular complexity index is 841. The van der Waals surface area contributed by atoms with Crippen molar-refractivity contribution in [3.05, 3.63) is 39.5 Å². The van der Waals surface area contributed by atoms with Gasteiger partial charge in [0.25, 0.3) is 0 Å². The van der Waals surface area contributed by atoms with Crippen LogP contribution in [0.2, 0.25) is 0 Å². The Labute approximate surface area is 207 Å². The normalized spacial score (nSPS) is 14.6. The highest BCUT2D eigenvalue weighted by Gasteiger charge is 2.21. The molecule has 2 rings (SSSR count). The zero-order valence-corrected chi connectivity index (χ0v) is 22.5. The lowest BCUT2D eigenvalue weighted by molar-refractivity contribution is -0.143. The van der Waals surface area contributed by atoms with E-state index in [1.807, 2.05) is 20.8 Å². The SMILES string of the molecule is COc1c(C)c(CI)c(C(C)=O)c(C)c1C/C=C(\C)CCC(=O)OCCCN1CCCC1. The van der Waals surface area contributed by atoms with Crippen molar-refractivity contribution in [1.29, 1.82) is 0 Å². The van der Waals surface area contributed by atoms with E-state index in [-0.39, 0.29) is 11.8 Å². The second-order valence-corrected chi connectivity index (χ2v) is 9.45. The van der Waals surface area contributed by atoms with E-state index in [1.54, 1.807) is 14.0 Å². The van der Waals surface area contributed by atoms with Gasteiger partial charge in [-0.15, -0.1) is 0 Å². The fourth-order valence-corrected chi connectivity index (χ4v) is 5.45. The maximum absolute atomic E-state index is 12.3. The van der Waals surface area contributed by atoms with Crippen LogP contribution in [0.1, 0.15) is 78.6 Å². The Morgan fingerprint density at radius 1 is 1.06 bits per heavy atom. The molecule has 0 radical (unpaired) electrons. The predicted octanol–water partition coefficient (Wildman–Crippen LogP) is 5.75. The first kappa shape index (κ1) is 26.8.